The van der Waals surface area contributed by atoms with Crippen LogP contribution in [0.1, 0.15) is 15.9 Å². The molecule has 0 amide bonds. The van der Waals surface area contributed by atoms with E-state index in [2.05, 4.69) is 0 Å². The Morgan fingerprint density at radius 1 is 0.722 bits per heavy atom. The molecule has 0 spiro atoms. The maximum atomic E-state index is 12.7. The monoisotopic (exact) mass is 566 g/mol. The van der Waals surface area contributed by atoms with Gasteiger partial charge in [0.15, 0.2) is 4.87 Å². The first-order valence-electron chi connectivity index (χ1n) is 9.98. The molecule has 0 heterocycles. The largest absolute Gasteiger partial charge is 0.481 e. The Kier molecular flexibility index (Phi) is 5.32. The summed E-state index contributed by atoms with van der Waals surface area (Å²) >= 11 is 26.3. The summed E-state index contributed by atoms with van der Waals surface area (Å²) in [4.78, 5) is 47.0. The average molecular weight is 568 g/mol. The molecule has 0 saturated heterocycles. The molecule has 2 atom stereocenters. The third-order valence-corrected chi connectivity index (χ3v) is 7.95. The first kappa shape index (κ1) is 24.4. The van der Waals surface area contributed by atoms with Crippen LogP contribution in [0.4, 0.5) is 0 Å². The predicted molar refractivity (Wildman–Crippen MR) is 134 cm³/mol. The molecule has 1 aliphatic carbocycles. The van der Waals surface area contributed by atoms with Crippen LogP contribution in [0.5, 0.6) is 0 Å². The number of carbonyl (C=O) groups is 4. The van der Waals surface area contributed by atoms with Gasteiger partial charge < -0.3 is 20.4 Å². The minimum Gasteiger partial charge on any atom is -0.481 e. The number of carboxylic acids is 4. The van der Waals surface area contributed by atoms with Crippen molar-refractivity contribution in [3.63, 3.8) is 0 Å². The minimum absolute atomic E-state index is 0.00730. The van der Waals surface area contributed by atoms with Crippen molar-refractivity contribution >= 4 is 108 Å². The van der Waals surface area contributed by atoms with Gasteiger partial charge in [-0.1, -0.05) is 46.9 Å². The number of hydrogen-bond acceptors (Lipinski definition) is 4. The Balaban J connectivity index is 2.38. The first-order chi connectivity index (χ1) is 16.8. The molecule has 12 heteroatoms. The molecule has 4 aromatic carbocycles. The summed E-state index contributed by atoms with van der Waals surface area (Å²) in [5, 5.41) is 40.6. The fourth-order valence-corrected chi connectivity index (χ4v) is 6.37. The number of fused-ring (bicyclic) bond motifs is 2. The molecule has 8 nitrogen and oxygen atoms in total. The highest BCUT2D eigenvalue weighted by Crippen LogP contribution is 2.54. The van der Waals surface area contributed by atoms with Crippen molar-refractivity contribution in [3.05, 3.63) is 61.7 Å². The molecule has 0 saturated carbocycles. The number of alkyl halides is 1. The van der Waals surface area contributed by atoms with Crippen molar-refractivity contribution in [1.29, 1.82) is 0 Å². The molecule has 0 fully saturated rings. The number of rotatable bonds is 4. The molecule has 4 N–H and O–H groups in total. The maximum Gasteiger partial charge on any atom is 0.336 e. The van der Waals surface area contributed by atoms with E-state index in [0.29, 0.717) is 10.8 Å². The Morgan fingerprint density at radius 3 is 1.78 bits per heavy atom. The lowest BCUT2D eigenvalue weighted by Gasteiger charge is -2.36. The fourth-order valence-electron chi connectivity index (χ4n) is 5.18. The summed E-state index contributed by atoms with van der Waals surface area (Å²) in [6.07, 6.45) is 0. The molecule has 0 bridgehead atoms. The van der Waals surface area contributed by atoms with Crippen molar-refractivity contribution < 1.29 is 39.6 Å². The van der Waals surface area contributed by atoms with Crippen molar-refractivity contribution in [2.45, 2.75) is 4.87 Å². The van der Waals surface area contributed by atoms with Gasteiger partial charge in [0.1, 0.15) is 5.92 Å². The van der Waals surface area contributed by atoms with E-state index >= 15 is 0 Å². The summed E-state index contributed by atoms with van der Waals surface area (Å²) in [5.74, 6) is -9.67. The van der Waals surface area contributed by atoms with E-state index in [1.165, 1.54) is 12.1 Å². The Morgan fingerprint density at radius 2 is 1.28 bits per heavy atom. The van der Waals surface area contributed by atoms with Crippen molar-refractivity contribution in [1.82, 2.24) is 0 Å². The van der Waals surface area contributed by atoms with E-state index < -0.39 is 51.0 Å². The molecule has 0 aliphatic heterocycles. The van der Waals surface area contributed by atoms with Gasteiger partial charge in [0.05, 0.1) is 11.1 Å². The van der Waals surface area contributed by atoms with Crippen LogP contribution < -0.4 is 5.22 Å². The lowest BCUT2D eigenvalue weighted by atomic mass is 9.70. The van der Waals surface area contributed by atoms with Gasteiger partial charge in [0.25, 0.3) is 0 Å². The second-order valence-electron chi connectivity index (χ2n) is 8.16. The van der Waals surface area contributed by atoms with E-state index in [4.69, 9.17) is 46.4 Å². The highest BCUT2D eigenvalue weighted by Gasteiger charge is 2.58. The SMILES string of the molecule is O=C(O)C1=c2c(C(=O)O)cc(Cl)c3c2c(c2c(Cl)ccc4ccc(Cl)c3c42)C(Cl)(C(=O)O)C1C(=O)O. The van der Waals surface area contributed by atoms with E-state index in [0.717, 1.165) is 6.07 Å². The van der Waals surface area contributed by atoms with Crippen molar-refractivity contribution in [3.8, 4) is 0 Å². The second-order valence-corrected chi connectivity index (χ2v) is 9.98. The highest BCUT2D eigenvalue weighted by atomic mass is 35.5. The topological polar surface area (TPSA) is 149 Å². The zero-order valence-corrected chi connectivity index (χ0v) is 20.4. The number of halogens is 4. The van der Waals surface area contributed by atoms with Crippen molar-refractivity contribution in [2.24, 2.45) is 5.92 Å². The number of aliphatic carboxylic acids is 3. The van der Waals surface area contributed by atoms with Crippen LogP contribution in [0.3, 0.4) is 0 Å². The first-order valence-corrected chi connectivity index (χ1v) is 11.5. The zero-order valence-electron chi connectivity index (χ0n) is 17.4. The average Bonchev–Trinajstić information content (AvgIpc) is 2.79. The molecule has 36 heavy (non-hydrogen) atoms. The summed E-state index contributed by atoms with van der Waals surface area (Å²) in [6, 6.07) is 7.18. The van der Waals surface area contributed by atoms with Crippen LogP contribution in [0, 0.1) is 5.92 Å². The third-order valence-electron chi connectivity index (χ3n) is 6.45. The quantitative estimate of drug-likeness (QED) is 0.153. The van der Waals surface area contributed by atoms with Crippen LogP contribution in [-0.4, -0.2) is 44.3 Å². The van der Waals surface area contributed by atoms with E-state index in [-0.39, 0.29) is 42.2 Å². The molecular weight excluding hydrogens is 558 g/mol. The molecule has 182 valence electrons. The number of benzene rings is 4. The smallest absolute Gasteiger partial charge is 0.336 e. The van der Waals surface area contributed by atoms with Crippen LogP contribution in [0.2, 0.25) is 15.1 Å². The molecule has 2 unspecified atom stereocenters. The van der Waals surface area contributed by atoms with Gasteiger partial charge in [-0.3, -0.25) is 4.79 Å². The number of aromatic carboxylic acids is 1. The predicted octanol–water partition coefficient (Wildman–Crippen LogP) is 4.99. The lowest BCUT2D eigenvalue weighted by molar-refractivity contribution is -0.150. The fraction of sp³-hybridized carbons (Fsp3) is 0.0833. The van der Waals surface area contributed by atoms with Gasteiger partial charge >= 0.3 is 23.9 Å². The Bertz CT molecular complexity index is 1810. The number of carboxylic acid groups (broad SMARTS) is 4. The maximum absolute atomic E-state index is 12.7. The van der Waals surface area contributed by atoms with Crippen LogP contribution >= 0.6 is 46.4 Å². The Labute approximate surface area is 219 Å². The minimum atomic E-state index is -2.92. The highest BCUT2D eigenvalue weighted by molar-refractivity contribution is 6.50. The Hall–Kier alpha value is -3.30. The van der Waals surface area contributed by atoms with Gasteiger partial charge in [-0.15, -0.1) is 11.6 Å². The summed E-state index contributed by atoms with van der Waals surface area (Å²) in [7, 11) is 0. The van der Waals surface area contributed by atoms with Gasteiger partial charge in [-0.05, 0) is 29.0 Å². The molecule has 1 aliphatic rings. The zero-order chi connectivity index (χ0) is 26.4. The molecule has 4 aromatic rings. The van der Waals surface area contributed by atoms with Crippen LogP contribution in [-0.2, 0) is 19.3 Å². The summed E-state index contributed by atoms with van der Waals surface area (Å²) in [5.41, 5.74) is -2.05. The standard InChI is InChI=1S/C24H10Cl4O8/c25-8-3-1-6-2-4-9(26)15-11(6)13(8)14-10(27)5-7(20(29)30)12-16(14)18(15)24(28,23(35)36)19(22(33)34)17(12)21(31)32/h1-5,19H,(H,29,30)(H,31,32)(H,33,34)(H,35,36). The molecule has 0 radical (unpaired) electrons. The van der Waals surface area contributed by atoms with Gasteiger partial charge in [-0.25, -0.2) is 14.4 Å². The van der Waals surface area contributed by atoms with E-state index in [1.807, 2.05) is 0 Å². The third kappa shape index (κ3) is 2.90. The van der Waals surface area contributed by atoms with E-state index in [1.54, 1.807) is 12.1 Å². The number of hydrogen-bond donors (Lipinski definition) is 4. The van der Waals surface area contributed by atoms with E-state index in [9.17, 15) is 39.6 Å². The van der Waals surface area contributed by atoms with Crippen LogP contribution in [0.25, 0.3) is 37.9 Å². The van der Waals surface area contributed by atoms with Crippen LogP contribution in [0.15, 0.2) is 30.3 Å². The normalized spacial score (nSPS) is 19.2. The summed E-state index contributed by atoms with van der Waals surface area (Å²) in [6.45, 7) is 0. The molecular formula is C24H10Cl4O8. The van der Waals surface area contributed by atoms with Gasteiger partial charge in [0, 0.05) is 47.4 Å². The molecule has 0 aromatic heterocycles. The van der Waals surface area contributed by atoms with Crippen molar-refractivity contribution in [2.75, 3.05) is 0 Å². The second kappa shape index (κ2) is 7.85. The molecule has 5 rings (SSSR count). The summed E-state index contributed by atoms with van der Waals surface area (Å²) < 4.78 is 0. The van der Waals surface area contributed by atoms with Gasteiger partial charge in [0.2, 0.25) is 0 Å². The lowest BCUT2D eigenvalue weighted by Crippen LogP contribution is -2.49. The van der Waals surface area contributed by atoms with Gasteiger partial charge in [-0.2, -0.15) is 0 Å².